The monoisotopic (exact) mass is 1410 g/mol. The Balaban J connectivity index is 0.895. The van der Waals surface area contributed by atoms with Gasteiger partial charge >= 0.3 is 0 Å². The molecule has 0 fully saturated rings. The van der Waals surface area contributed by atoms with Crippen LogP contribution in [0.5, 0.6) is 0 Å². The van der Waals surface area contributed by atoms with Crippen molar-refractivity contribution in [1.29, 1.82) is 0 Å². The van der Waals surface area contributed by atoms with Crippen molar-refractivity contribution < 1.29 is 0 Å². The lowest BCUT2D eigenvalue weighted by molar-refractivity contribution is 1.15. The second-order valence-corrected chi connectivity index (χ2v) is 29.7. The summed E-state index contributed by atoms with van der Waals surface area (Å²) in [6, 6.07) is 153. The average molecular weight is 1410 g/mol. The zero-order chi connectivity index (χ0) is 72.8. The van der Waals surface area contributed by atoms with Crippen molar-refractivity contribution >= 4 is 144 Å². The van der Waals surface area contributed by atoms with E-state index in [-0.39, 0.29) is 6.71 Å². The van der Waals surface area contributed by atoms with Gasteiger partial charge < -0.3 is 18.9 Å². The molecule has 2 aliphatic rings. The minimum atomic E-state index is -0.300. The lowest BCUT2D eigenvalue weighted by Gasteiger charge is -2.46. The van der Waals surface area contributed by atoms with E-state index in [0.29, 0.717) is 0 Å². The number of benzene rings is 19. The molecule has 21 aromatic rings. The van der Waals surface area contributed by atoms with Gasteiger partial charge in [0.2, 0.25) is 0 Å². The molecule has 0 saturated heterocycles. The molecule has 0 spiro atoms. The predicted molar refractivity (Wildman–Crippen MR) is 472 cm³/mol. The number of hydrogen-bond donors (Lipinski definition) is 0. The van der Waals surface area contributed by atoms with Gasteiger partial charge in [0.25, 0.3) is 6.71 Å². The average Bonchev–Trinajstić information content (AvgIpc) is 1.17. The van der Waals surface area contributed by atoms with Crippen molar-refractivity contribution in [2.45, 2.75) is 0 Å². The molecule has 4 nitrogen and oxygen atoms in total. The van der Waals surface area contributed by atoms with Crippen molar-refractivity contribution in [3.8, 4) is 78.1 Å². The summed E-state index contributed by atoms with van der Waals surface area (Å²) in [5, 5.41) is 14.6. The number of anilines is 6. The third kappa shape index (κ3) is 9.56. The SMILES string of the molecule is c1ccc(-c2cccc(-c3ccccc3)c2N2c3cc(-c4c5ccccc5c(-c5cc6ccccc6c6ccccc56)c5ccccc45)ccc3B3c4ccc(-n5c6ccccc6c6ccccc65)cc4N(c4c(-c5ccccc5)cccc4-c4ccccc4)c4cc(-n5c6ccccc6c6ccccc65)cc2c43)cc1. The van der Waals surface area contributed by atoms with Crippen molar-refractivity contribution in [2.24, 2.45) is 0 Å². The smallest absolute Gasteiger partial charge is 0.252 e. The molecule has 0 amide bonds. The predicted octanol–water partition coefficient (Wildman–Crippen LogP) is 26.6. The summed E-state index contributed by atoms with van der Waals surface area (Å²) < 4.78 is 5.04. The van der Waals surface area contributed by atoms with E-state index in [1.54, 1.807) is 0 Å². The molecule has 0 bridgehead atoms. The van der Waals surface area contributed by atoms with Crippen LogP contribution in [0.1, 0.15) is 0 Å². The summed E-state index contributed by atoms with van der Waals surface area (Å²) in [6.07, 6.45) is 0. The molecular formula is C106H67BN4. The Bertz CT molecular complexity index is 7120. The van der Waals surface area contributed by atoms with Crippen LogP contribution in [0, 0.1) is 0 Å². The fraction of sp³-hybridized carbons (Fsp3) is 0. The lowest BCUT2D eigenvalue weighted by Crippen LogP contribution is -2.61. The Hall–Kier alpha value is -14.5. The molecule has 111 heavy (non-hydrogen) atoms. The largest absolute Gasteiger partial charge is 0.310 e. The highest BCUT2D eigenvalue weighted by Gasteiger charge is 2.46. The molecule has 19 aromatic carbocycles. The Kier molecular flexibility index (Phi) is 14.1. The Morgan fingerprint density at radius 1 is 0.189 bits per heavy atom. The Morgan fingerprint density at radius 3 is 0.964 bits per heavy atom. The summed E-state index contributed by atoms with van der Waals surface area (Å²) in [7, 11) is 0. The minimum absolute atomic E-state index is 0.300. The molecule has 2 aromatic heterocycles. The first-order chi connectivity index (χ1) is 55.1. The standard InChI is InChI=1S/C106H67BN4/c1-5-31-68(32-6-1)77-51-29-52-78(69-33-7-2-8-34-69)105(77)110-98-64-73(102-87-47-17-19-49-89(87)103(90-50-20-18-48-88(90)102)91-63-72-39-13-14-40-76(72)81-41-15-16-42-82(81)91)59-61-92(98)107-93-62-60-74(108-94-55-25-21-43-83(94)84-44-22-26-56-95(84)108)65-99(93)111(106-79(70-35-9-3-10-36-70)53-30-54-80(106)71-37-11-4-12-38-71)101-67-75(66-100(110)104(101)107)109-96-57-27-23-45-85(96)86-46-24-28-58-97(86)109/h1-67H. The van der Waals surface area contributed by atoms with Crippen LogP contribution in [0.25, 0.3) is 165 Å². The lowest BCUT2D eigenvalue weighted by atomic mass is 9.33. The highest BCUT2D eigenvalue weighted by molar-refractivity contribution is 7.00. The van der Waals surface area contributed by atoms with Crippen molar-refractivity contribution in [3.63, 3.8) is 0 Å². The third-order valence-corrected chi connectivity index (χ3v) is 23.8. The number of hydrogen-bond acceptors (Lipinski definition) is 2. The van der Waals surface area contributed by atoms with E-state index in [2.05, 4.69) is 425 Å². The summed E-state index contributed by atoms with van der Waals surface area (Å²) in [4.78, 5) is 5.41. The van der Waals surface area contributed by atoms with Crippen LogP contribution in [0.15, 0.2) is 406 Å². The van der Waals surface area contributed by atoms with E-state index < -0.39 is 0 Å². The Morgan fingerprint density at radius 2 is 0.523 bits per heavy atom. The second kappa shape index (κ2) is 25.0. The number of fused-ring (bicyclic) bond motifs is 15. The van der Waals surface area contributed by atoms with Gasteiger partial charge in [-0.3, -0.25) is 0 Å². The van der Waals surface area contributed by atoms with Crippen LogP contribution in [0.2, 0.25) is 0 Å². The van der Waals surface area contributed by atoms with Crippen LogP contribution in [0.4, 0.5) is 34.1 Å². The first-order valence-corrected chi connectivity index (χ1v) is 38.5. The fourth-order valence-corrected chi connectivity index (χ4v) is 19.2. The van der Waals surface area contributed by atoms with Crippen LogP contribution in [-0.2, 0) is 0 Å². The van der Waals surface area contributed by atoms with Crippen LogP contribution in [0.3, 0.4) is 0 Å². The van der Waals surface area contributed by atoms with E-state index in [1.165, 1.54) is 97.7 Å². The number of aromatic nitrogens is 2. The van der Waals surface area contributed by atoms with Crippen molar-refractivity contribution in [1.82, 2.24) is 9.13 Å². The van der Waals surface area contributed by atoms with Gasteiger partial charge in [0, 0.05) is 72.2 Å². The molecule has 0 saturated carbocycles. The van der Waals surface area contributed by atoms with E-state index in [4.69, 9.17) is 0 Å². The second-order valence-electron chi connectivity index (χ2n) is 29.7. The van der Waals surface area contributed by atoms with E-state index in [9.17, 15) is 0 Å². The van der Waals surface area contributed by atoms with Gasteiger partial charge in [0.1, 0.15) is 0 Å². The normalized spacial score (nSPS) is 12.5. The highest BCUT2D eigenvalue weighted by atomic mass is 15.2. The molecule has 514 valence electrons. The van der Waals surface area contributed by atoms with E-state index in [0.717, 1.165) is 118 Å². The van der Waals surface area contributed by atoms with Gasteiger partial charge in [-0.1, -0.05) is 346 Å². The van der Waals surface area contributed by atoms with E-state index in [1.807, 2.05) is 0 Å². The maximum atomic E-state index is 2.72. The van der Waals surface area contributed by atoms with Gasteiger partial charge in [-0.25, -0.2) is 0 Å². The van der Waals surface area contributed by atoms with Gasteiger partial charge in [0.05, 0.1) is 39.1 Å². The van der Waals surface area contributed by atoms with Gasteiger partial charge in [-0.2, -0.15) is 0 Å². The number of rotatable bonds is 10. The molecule has 0 unspecified atom stereocenters. The molecule has 23 rings (SSSR count). The van der Waals surface area contributed by atoms with Crippen LogP contribution < -0.4 is 26.2 Å². The quantitative estimate of drug-likeness (QED) is 0.0771. The van der Waals surface area contributed by atoms with Crippen LogP contribution in [-0.4, -0.2) is 15.8 Å². The molecular weight excluding hydrogens is 1340 g/mol. The zero-order valence-corrected chi connectivity index (χ0v) is 60.5. The fourth-order valence-electron chi connectivity index (χ4n) is 19.2. The molecule has 0 radical (unpaired) electrons. The van der Waals surface area contributed by atoms with Gasteiger partial charge in [0.15, 0.2) is 0 Å². The van der Waals surface area contributed by atoms with Crippen molar-refractivity contribution in [3.05, 3.63) is 406 Å². The van der Waals surface area contributed by atoms with Gasteiger partial charge in [-0.05, 0) is 165 Å². The summed E-state index contributed by atoms with van der Waals surface area (Å²) in [6.45, 7) is -0.300. The number of nitrogens with zero attached hydrogens (tertiary/aromatic N) is 4. The van der Waals surface area contributed by atoms with E-state index >= 15 is 0 Å². The van der Waals surface area contributed by atoms with Gasteiger partial charge in [-0.15, -0.1) is 0 Å². The molecule has 0 aliphatic carbocycles. The zero-order valence-electron chi connectivity index (χ0n) is 60.5. The summed E-state index contributed by atoms with van der Waals surface area (Å²) in [5.41, 5.74) is 30.7. The molecule has 0 N–H and O–H groups in total. The number of para-hydroxylation sites is 6. The minimum Gasteiger partial charge on any atom is -0.310 e. The van der Waals surface area contributed by atoms with Crippen LogP contribution >= 0.6 is 0 Å². The molecule has 5 heteroatoms. The maximum absolute atomic E-state index is 2.72. The summed E-state index contributed by atoms with van der Waals surface area (Å²) in [5.74, 6) is 0. The van der Waals surface area contributed by atoms with Crippen molar-refractivity contribution in [2.75, 3.05) is 9.80 Å². The molecule has 0 atom stereocenters. The maximum Gasteiger partial charge on any atom is 0.252 e. The first kappa shape index (κ1) is 62.7. The summed E-state index contributed by atoms with van der Waals surface area (Å²) >= 11 is 0. The Labute approximate surface area is 643 Å². The topological polar surface area (TPSA) is 16.3 Å². The molecule has 4 heterocycles. The molecule has 2 aliphatic heterocycles. The third-order valence-electron chi connectivity index (χ3n) is 23.8. The highest BCUT2D eigenvalue weighted by Crippen LogP contribution is 2.56. The first-order valence-electron chi connectivity index (χ1n) is 38.5.